The molecule has 1 unspecified atom stereocenters. The van der Waals surface area contributed by atoms with Gasteiger partial charge in [0.05, 0.1) is 17.4 Å². The minimum Gasteiger partial charge on any atom is -0.329 e. The molecule has 0 aliphatic carbocycles. The molecule has 0 amide bonds. The Morgan fingerprint density at radius 1 is 1.40 bits per heavy atom. The summed E-state index contributed by atoms with van der Waals surface area (Å²) in [4.78, 5) is 4.40. The highest BCUT2D eigenvalue weighted by Gasteiger charge is 2.15. The molecule has 0 bridgehead atoms. The van der Waals surface area contributed by atoms with Gasteiger partial charge in [0.2, 0.25) is 0 Å². The van der Waals surface area contributed by atoms with Gasteiger partial charge in [0.15, 0.2) is 0 Å². The minimum atomic E-state index is 0.627. The Morgan fingerprint density at radius 2 is 2.33 bits per heavy atom. The predicted molar refractivity (Wildman–Crippen MR) is 60.8 cm³/mol. The first kappa shape index (κ1) is 8.92. The van der Waals surface area contributed by atoms with Crippen molar-refractivity contribution in [1.29, 1.82) is 0 Å². The largest absolute Gasteiger partial charge is 0.329 e. The van der Waals surface area contributed by atoms with Crippen LogP contribution in [-0.4, -0.2) is 22.1 Å². The lowest BCUT2D eigenvalue weighted by atomic mass is 10.2. The zero-order valence-corrected chi connectivity index (χ0v) is 8.69. The average Bonchev–Trinajstić information content (AvgIpc) is 2.89. The first-order chi connectivity index (χ1) is 7.43. The van der Waals surface area contributed by atoms with Gasteiger partial charge in [-0.25, -0.2) is 4.98 Å². The van der Waals surface area contributed by atoms with Crippen LogP contribution in [0.1, 0.15) is 12.8 Å². The van der Waals surface area contributed by atoms with E-state index >= 15 is 0 Å². The zero-order valence-electron chi connectivity index (χ0n) is 8.69. The van der Waals surface area contributed by atoms with E-state index in [1.807, 2.05) is 12.4 Å². The highest BCUT2D eigenvalue weighted by molar-refractivity contribution is 5.74. The first-order valence-corrected chi connectivity index (χ1v) is 5.57. The number of benzene rings is 1. The van der Waals surface area contributed by atoms with Crippen molar-refractivity contribution in [2.24, 2.45) is 0 Å². The smallest absolute Gasteiger partial charge is 0.0958 e. The predicted octanol–water partition coefficient (Wildman–Crippen LogP) is 1.79. The molecule has 0 saturated carbocycles. The number of para-hydroxylation sites is 2. The van der Waals surface area contributed by atoms with Crippen molar-refractivity contribution in [3.8, 4) is 0 Å². The molecular formula is C12H15N3. The van der Waals surface area contributed by atoms with E-state index in [4.69, 9.17) is 0 Å². The third kappa shape index (κ3) is 1.63. The third-order valence-corrected chi connectivity index (χ3v) is 3.11. The topological polar surface area (TPSA) is 29.9 Å². The molecule has 1 aromatic heterocycles. The van der Waals surface area contributed by atoms with Crippen molar-refractivity contribution < 1.29 is 0 Å². The number of imidazole rings is 1. The van der Waals surface area contributed by atoms with Gasteiger partial charge in [-0.2, -0.15) is 0 Å². The summed E-state index contributed by atoms with van der Waals surface area (Å²) in [6, 6.07) is 8.93. The lowest BCUT2D eigenvalue weighted by molar-refractivity contribution is 0.517. The summed E-state index contributed by atoms with van der Waals surface area (Å²) in [6.45, 7) is 2.21. The van der Waals surface area contributed by atoms with Gasteiger partial charge >= 0.3 is 0 Å². The molecule has 0 spiro atoms. The van der Waals surface area contributed by atoms with Gasteiger partial charge in [-0.15, -0.1) is 0 Å². The number of nitrogens with zero attached hydrogens (tertiary/aromatic N) is 2. The summed E-state index contributed by atoms with van der Waals surface area (Å²) >= 11 is 0. The maximum atomic E-state index is 4.40. The highest BCUT2D eigenvalue weighted by atomic mass is 15.1. The van der Waals surface area contributed by atoms with E-state index in [9.17, 15) is 0 Å². The van der Waals surface area contributed by atoms with Crippen molar-refractivity contribution in [3.05, 3.63) is 30.6 Å². The molecule has 1 aliphatic rings. The second-order valence-electron chi connectivity index (χ2n) is 4.18. The van der Waals surface area contributed by atoms with Crippen molar-refractivity contribution in [2.75, 3.05) is 6.54 Å². The molecule has 1 fully saturated rings. The highest BCUT2D eigenvalue weighted by Crippen LogP contribution is 2.14. The van der Waals surface area contributed by atoms with Crippen molar-refractivity contribution in [1.82, 2.24) is 14.9 Å². The molecule has 1 atom stereocenters. The van der Waals surface area contributed by atoms with Crippen LogP contribution in [0.25, 0.3) is 11.0 Å². The quantitative estimate of drug-likeness (QED) is 0.802. The molecular weight excluding hydrogens is 186 g/mol. The Bertz CT molecular complexity index is 455. The minimum absolute atomic E-state index is 0.627. The normalized spacial score (nSPS) is 21.2. The Kier molecular flexibility index (Phi) is 2.18. The summed E-state index contributed by atoms with van der Waals surface area (Å²) in [6.07, 6.45) is 4.54. The molecule has 3 nitrogen and oxygen atoms in total. The van der Waals surface area contributed by atoms with E-state index in [0.717, 1.165) is 18.6 Å². The van der Waals surface area contributed by atoms with E-state index in [1.54, 1.807) is 0 Å². The molecule has 15 heavy (non-hydrogen) atoms. The number of fused-ring (bicyclic) bond motifs is 1. The van der Waals surface area contributed by atoms with Crippen LogP contribution in [0.2, 0.25) is 0 Å². The number of hydrogen-bond acceptors (Lipinski definition) is 2. The van der Waals surface area contributed by atoms with Crippen molar-refractivity contribution in [2.45, 2.75) is 25.4 Å². The van der Waals surface area contributed by atoms with Gasteiger partial charge in [0.1, 0.15) is 0 Å². The second-order valence-corrected chi connectivity index (χ2v) is 4.18. The molecule has 2 heterocycles. The lowest BCUT2D eigenvalue weighted by Crippen LogP contribution is -2.26. The molecule has 1 saturated heterocycles. The van der Waals surface area contributed by atoms with Crippen LogP contribution in [0, 0.1) is 0 Å². The van der Waals surface area contributed by atoms with E-state index in [-0.39, 0.29) is 0 Å². The lowest BCUT2D eigenvalue weighted by Gasteiger charge is -2.11. The first-order valence-electron chi connectivity index (χ1n) is 5.57. The zero-order chi connectivity index (χ0) is 10.1. The fourth-order valence-electron chi connectivity index (χ4n) is 2.31. The van der Waals surface area contributed by atoms with Crippen LogP contribution in [0.5, 0.6) is 0 Å². The summed E-state index contributed by atoms with van der Waals surface area (Å²) in [5.41, 5.74) is 2.33. The maximum Gasteiger partial charge on any atom is 0.0958 e. The van der Waals surface area contributed by atoms with E-state index in [0.29, 0.717) is 6.04 Å². The number of nitrogens with one attached hydrogen (secondary N) is 1. The summed E-state index contributed by atoms with van der Waals surface area (Å²) in [7, 11) is 0. The van der Waals surface area contributed by atoms with Crippen LogP contribution >= 0.6 is 0 Å². The third-order valence-electron chi connectivity index (χ3n) is 3.11. The van der Waals surface area contributed by atoms with Gasteiger partial charge in [-0.1, -0.05) is 12.1 Å². The van der Waals surface area contributed by atoms with Gasteiger partial charge in [0, 0.05) is 12.6 Å². The molecule has 1 N–H and O–H groups in total. The number of rotatable bonds is 2. The van der Waals surface area contributed by atoms with Crippen molar-refractivity contribution >= 4 is 11.0 Å². The Morgan fingerprint density at radius 3 is 3.20 bits per heavy atom. The molecule has 3 heteroatoms. The van der Waals surface area contributed by atoms with E-state index in [1.165, 1.54) is 18.4 Å². The van der Waals surface area contributed by atoms with Crippen LogP contribution < -0.4 is 5.32 Å². The second kappa shape index (κ2) is 3.66. The Hall–Kier alpha value is -1.35. The van der Waals surface area contributed by atoms with Gasteiger partial charge in [-0.3, -0.25) is 0 Å². The fourth-order valence-corrected chi connectivity index (χ4v) is 2.31. The molecule has 78 valence electrons. The molecule has 0 radical (unpaired) electrons. The summed E-state index contributed by atoms with van der Waals surface area (Å²) in [5.74, 6) is 0. The molecule has 1 aliphatic heterocycles. The molecule has 2 aromatic rings. The molecule has 1 aromatic carbocycles. The van der Waals surface area contributed by atoms with Gasteiger partial charge in [0.25, 0.3) is 0 Å². The van der Waals surface area contributed by atoms with E-state index < -0.39 is 0 Å². The van der Waals surface area contributed by atoms with Crippen molar-refractivity contribution in [3.63, 3.8) is 0 Å². The van der Waals surface area contributed by atoms with Crippen LogP contribution in [-0.2, 0) is 6.54 Å². The van der Waals surface area contributed by atoms with Crippen LogP contribution in [0.3, 0.4) is 0 Å². The number of hydrogen-bond donors (Lipinski definition) is 1. The van der Waals surface area contributed by atoms with E-state index in [2.05, 4.69) is 33.1 Å². The van der Waals surface area contributed by atoms with Gasteiger partial charge in [-0.05, 0) is 31.5 Å². The number of aromatic nitrogens is 2. The maximum absolute atomic E-state index is 4.40. The fraction of sp³-hybridized carbons (Fsp3) is 0.417. The monoisotopic (exact) mass is 201 g/mol. The SMILES string of the molecule is c1ccc2c(c1)ncn2CC1CCCN1. The molecule has 3 rings (SSSR count). The van der Waals surface area contributed by atoms with Crippen LogP contribution in [0.4, 0.5) is 0 Å². The summed E-state index contributed by atoms with van der Waals surface area (Å²) in [5, 5.41) is 3.51. The standard InChI is InChI=1S/C12H15N3/c1-2-6-12-11(5-1)14-9-15(12)8-10-4-3-7-13-10/h1-2,5-6,9-10,13H,3-4,7-8H2. The average molecular weight is 201 g/mol. The Balaban J connectivity index is 1.90. The van der Waals surface area contributed by atoms with Gasteiger partial charge < -0.3 is 9.88 Å². The van der Waals surface area contributed by atoms with Crippen LogP contribution in [0.15, 0.2) is 30.6 Å². The Labute approximate surface area is 89.1 Å². The summed E-state index contributed by atoms with van der Waals surface area (Å²) < 4.78 is 2.25.